The number of fused-ring (bicyclic) bond motifs is 1. The number of aromatic nitrogens is 2. The number of amides is 1. The lowest BCUT2D eigenvalue weighted by Crippen LogP contribution is -2.40. The molecule has 2 aromatic rings. The summed E-state index contributed by atoms with van der Waals surface area (Å²) < 4.78 is 26.5. The highest BCUT2D eigenvalue weighted by Gasteiger charge is 2.25. The number of hydrogen-bond acceptors (Lipinski definition) is 5. The van der Waals surface area contributed by atoms with Gasteiger partial charge in [-0.05, 0) is 69.6 Å². The van der Waals surface area contributed by atoms with Gasteiger partial charge in [-0.25, -0.2) is 13.8 Å². The smallest absolute Gasteiger partial charge is 0.251 e. The van der Waals surface area contributed by atoms with E-state index in [1.807, 2.05) is 14.1 Å². The average molecular weight is 466 g/mol. The van der Waals surface area contributed by atoms with Gasteiger partial charge in [-0.2, -0.15) is 4.98 Å². The third kappa shape index (κ3) is 5.46. The van der Waals surface area contributed by atoms with Crippen molar-refractivity contribution in [1.82, 2.24) is 15.3 Å². The molecule has 2 aliphatic carbocycles. The fourth-order valence-corrected chi connectivity index (χ4v) is 4.48. The van der Waals surface area contributed by atoms with Gasteiger partial charge in [0, 0.05) is 37.3 Å². The third-order valence-electron chi connectivity index (χ3n) is 6.16. The summed E-state index contributed by atoms with van der Waals surface area (Å²) in [5, 5.41) is 6.43. The Bertz CT molecular complexity index is 964. The molecular formula is C23H30ClF2N5O. The molecule has 4 rings (SSSR count). The van der Waals surface area contributed by atoms with Crippen molar-refractivity contribution in [2.45, 2.75) is 63.5 Å². The zero-order valence-corrected chi connectivity index (χ0v) is 19.3. The van der Waals surface area contributed by atoms with Gasteiger partial charge in [0.05, 0.1) is 5.69 Å². The highest BCUT2D eigenvalue weighted by Crippen LogP contribution is 2.29. The lowest BCUT2D eigenvalue weighted by atomic mass is 9.91. The maximum Gasteiger partial charge on any atom is 0.251 e. The minimum Gasteiger partial charge on any atom is -0.362 e. The average Bonchev–Trinajstić information content (AvgIpc) is 2.76. The molecule has 1 aromatic carbocycles. The molecule has 1 amide bonds. The van der Waals surface area contributed by atoms with Gasteiger partial charge in [-0.1, -0.05) is 0 Å². The Morgan fingerprint density at radius 3 is 2.38 bits per heavy atom. The molecule has 6 nitrogen and oxygen atoms in total. The van der Waals surface area contributed by atoms with Gasteiger partial charge in [0.25, 0.3) is 5.91 Å². The van der Waals surface area contributed by atoms with E-state index in [9.17, 15) is 13.6 Å². The van der Waals surface area contributed by atoms with E-state index in [0.717, 1.165) is 62.2 Å². The molecular weight excluding hydrogens is 436 g/mol. The summed E-state index contributed by atoms with van der Waals surface area (Å²) in [6.07, 6.45) is 7.74. The third-order valence-corrected chi connectivity index (χ3v) is 6.16. The van der Waals surface area contributed by atoms with Crippen molar-refractivity contribution in [1.29, 1.82) is 0 Å². The van der Waals surface area contributed by atoms with Crippen LogP contribution in [0.1, 0.15) is 60.1 Å². The van der Waals surface area contributed by atoms with Gasteiger partial charge >= 0.3 is 0 Å². The molecule has 0 atom stereocenters. The minimum atomic E-state index is -1.01. The van der Waals surface area contributed by atoms with Crippen LogP contribution < -0.4 is 15.5 Å². The van der Waals surface area contributed by atoms with E-state index in [4.69, 9.17) is 9.97 Å². The number of carbonyl (C=O) groups is 1. The van der Waals surface area contributed by atoms with Gasteiger partial charge in [0.15, 0.2) is 11.6 Å². The Hall–Kier alpha value is -2.48. The predicted molar refractivity (Wildman–Crippen MR) is 124 cm³/mol. The van der Waals surface area contributed by atoms with Crippen molar-refractivity contribution in [3.05, 3.63) is 46.7 Å². The monoisotopic (exact) mass is 465 g/mol. The fraction of sp³-hybridized carbons (Fsp3) is 0.522. The Balaban J connectivity index is 0.00000289. The summed E-state index contributed by atoms with van der Waals surface area (Å²) in [5.41, 5.74) is 2.56. The SMILES string of the molecule is CN(C)c1nc(N[C@H]2CC[C@@H](NC(=O)c3ccc(F)c(F)c3)CC2)nc2c1CCCC2.Cl. The molecule has 2 N–H and O–H groups in total. The largest absolute Gasteiger partial charge is 0.362 e. The number of benzene rings is 1. The molecule has 0 aliphatic heterocycles. The molecule has 9 heteroatoms. The molecule has 1 fully saturated rings. The first kappa shape index (κ1) is 24.2. The number of anilines is 2. The first-order valence-electron chi connectivity index (χ1n) is 11.0. The van der Waals surface area contributed by atoms with Crippen molar-refractivity contribution >= 4 is 30.1 Å². The Kier molecular flexibility index (Phi) is 7.87. The van der Waals surface area contributed by atoms with E-state index in [1.54, 1.807) is 0 Å². The molecule has 1 aromatic heterocycles. The molecule has 174 valence electrons. The summed E-state index contributed by atoms with van der Waals surface area (Å²) in [6.45, 7) is 0. The highest BCUT2D eigenvalue weighted by molar-refractivity contribution is 5.94. The van der Waals surface area contributed by atoms with Crippen LogP contribution in [0.25, 0.3) is 0 Å². The van der Waals surface area contributed by atoms with Gasteiger partial charge < -0.3 is 15.5 Å². The fourth-order valence-electron chi connectivity index (χ4n) is 4.48. The number of aryl methyl sites for hydroxylation is 1. The van der Waals surface area contributed by atoms with Crippen LogP contribution in [0.3, 0.4) is 0 Å². The Labute approximate surface area is 193 Å². The van der Waals surface area contributed by atoms with Gasteiger partial charge in [0.1, 0.15) is 5.82 Å². The van der Waals surface area contributed by atoms with Crippen LogP contribution in [0, 0.1) is 11.6 Å². The molecule has 0 saturated heterocycles. The van der Waals surface area contributed by atoms with Crippen LogP contribution in [0.2, 0.25) is 0 Å². The Morgan fingerprint density at radius 2 is 1.69 bits per heavy atom. The molecule has 0 bridgehead atoms. The minimum absolute atomic E-state index is 0. The van der Waals surface area contributed by atoms with Crippen LogP contribution in [0.5, 0.6) is 0 Å². The van der Waals surface area contributed by atoms with Gasteiger partial charge in [-0.3, -0.25) is 4.79 Å². The second kappa shape index (κ2) is 10.4. The van der Waals surface area contributed by atoms with Gasteiger partial charge in [0.2, 0.25) is 5.95 Å². The van der Waals surface area contributed by atoms with Gasteiger partial charge in [-0.15, -0.1) is 12.4 Å². The van der Waals surface area contributed by atoms with E-state index in [1.165, 1.54) is 24.5 Å². The van der Waals surface area contributed by atoms with E-state index in [0.29, 0.717) is 5.95 Å². The summed E-state index contributed by atoms with van der Waals surface area (Å²) in [4.78, 5) is 24.0. The van der Waals surface area contributed by atoms with Crippen molar-refractivity contribution in [3.8, 4) is 0 Å². The first-order chi connectivity index (χ1) is 14.9. The lowest BCUT2D eigenvalue weighted by molar-refractivity contribution is 0.0926. The molecule has 0 radical (unpaired) electrons. The van der Waals surface area contributed by atoms with E-state index in [-0.39, 0.29) is 36.0 Å². The van der Waals surface area contributed by atoms with Crippen molar-refractivity contribution in [2.24, 2.45) is 0 Å². The molecule has 2 aliphatic rings. The maximum absolute atomic E-state index is 13.4. The topological polar surface area (TPSA) is 70.2 Å². The highest BCUT2D eigenvalue weighted by atomic mass is 35.5. The molecule has 0 unspecified atom stereocenters. The second-order valence-electron chi connectivity index (χ2n) is 8.69. The lowest BCUT2D eigenvalue weighted by Gasteiger charge is -2.30. The normalized spacial score (nSPS) is 20.0. The number of hydrogen-bond donors (Lipinski definition) is 2. The summed E-state index contributed by atoms with van der Waals surface area (Å²) in [5.74, 6) is -0.657. The Morgan fingerprint density at radius 1 is 1.00 bits per heavy atom. The standard InChI is InChI=1S/C23H29F2N5O.ClH/c1-30(2)21-17-5-3-4-6-20(17)28-23(29-21)27-16-10-8-15(9-11-16)26-22(31)14-7-12-18(24)19(25)13-14;/h7,12-13,15-16H,3-6,8-11H2,1-2H3,(H,26,31)(H,27,28,29);1H/t15-,16+;. The molecule has 1 saturated carbocycles. The summed E-state index contributed by atoms with van der Waals surface area (Å²) >= 11 is 0. The zero-order valence-electron chi connectivity index (χ0n) is 18.5. The number of nitrogens with one attached hydrogen (secondary N) is 2. The van der Waals surface area contributed by atoms with Crippen LogP contribution >= 0.6 is 12.4 Å². The van der Waals surface area contributed by atoms with Crippen LogP contribution in [0.15, 0.2) is 18.2 Å². The molecule has 1 heterocycles. The van der Waals surface area contributed by atoms with Crippen molar-refractivity contribution in [3.63, 3.8) is 0 Å². The van der Waals surface area contributed by atoms with Crippen molar-refractivity contribution in [2.75, 3.05) is 24.3 Å². The second-order valence-corrected chi connectivity index (χ2v) is 8.69. The van der Waals surface area contributed by atoms with Crippen LogP contribution in [-0.4, -0.2) is 42.1 Å². The van der Waals surface area contributed by atoms with Crippen LogP contribution in [0.4, 0.5) is 20.5 Å². The van der Waals surface area contributed by atoms with Crippen LogP contribution in [-0.2, 0) is 12.8 Å². The summed E-state index contributed by atoms with van der Waals surface area (Å²) in [7, 11) is 4.03. The quantitative estimate of drug-likeness (QED) is 0.690. The van der Waals surface area contributed by atoms with E-state index < -0.39 is 11.6 Å². The molecule has 32 heavy (non-hydrogen) atoms. The van der Waals surface area contributed by atoms with E-state index in [2.05, 4.69) is 15.5 Å². The number of carbonyl (C=O) groups excluding carboxylic acids is 1. The van der Waals surface area contributed by atoms with E-state index >= 15 is 0 Å². The number of halogens is 3. The zero-order chi connectivity index (χ0) is 22.0. The first-order valence-corrected chi connectivity index (χ1v) is 11.0. The molecule has 0 spiro atoms. The predicted octanol–water partition coefficient (Wildman–Crippen LogP) is 4.27. The maximum atomic E-state index is 13.4. The summed E-state index contributed by atoms with van der Waals surface area (Å²) in [6, 6.07) is 3.48. The number of rotatable bonds is 5. The van der Waals surface area contributed by atoms with Crippen molar-refractivity contribution < 1.29 is 13.6 Å². The number of nitrogens with zero attached hydrogens (tertiary/aromatic N) is 3.